The summed E-state index contributed by atoms with van der Waals surface area (Å²) in [6.45, 7) is 1.72. The van der Waals surface area contributed by atoms with E-state index in [-0.39, 0.29) is 5.91 Å². The number of carbonyl (C=O) groups is 1. The molecular weight excluding hydrogens is 298 g/mol. The van der Waals surface area contributed by atoms with Gasteiger partial charge in [0.2, 0.25) is 0 Å². The third-order valence-corrected chi connectivity index (χ3v) is 4.56. The number of amides is 1. The van der Waals surface area contributed by atoms with Crippen molar-refractivity contribution in [1.82, 2.24) is 14.9 Å². The number of hydrogen-bond donors (Lipinski definition) is 0. The highest BCUT2D eigenvalue weighted by Crippen LogP contribution is 2.26. The van der Waals surface area contributed by atoms with Gasteiger partial charge in [0.15, 0.2) is 0 Å². The number of hydrogen-bond acceptors (Lipinski definition) is 3. The van der Waals surface area contributed by atoms with Crippen molar-refractivity contribution in [2.24, 2.45) is 0 Å². The molecule has 0 aliphatic carbocycles. The summed E-state index contributed by atoms with van der Waals surface area (Å²) in [6.07, 6.45) is 6.97. The maximum atomic E-state index is 12.7. The molecule has 24 heavy (non-hydrogen) atoms. The smallest absolute Gasteiger partial charge is 0.253 e. The molecule has 120 valence electrons. The third-order valence-electron chi connectivity index (χ3n) is 4.56. The van der Waals surface area contributed by atoms with E-state index < -0.39 is 0 Å². The first kappa shape index (κ1) is 14.8. The number of piperidine rings is 1. The summed E-state index contributed by atoms with van der Waals surface area (Å²) in [7, 11) is 0. The van der Waals surface area contributed by atoms with Crippen molar-refractivity contribution < 1.29 is 4.79 Å². The standard InChI is InChI=1S/C20H19N3O/c24-20(23-12-2-1-3-13-23)16-7-4-6-15(14-16)19-17-8-5-10-21-18(17)9-11-22-19/h4-11,14H,1-3,12-13H2. The Hall–Kier alpha value is -2.75. The van der Waals surface area contributed by atoms with Gasteiger partial charge in [-0.05, 0) is 49.6 Å². The Morgan fingerprint density at radius 2 is 1.79 bits per heavy atom. The first-order valence-electron chi connectivity index (χ1n) is 8.42. The average molecular weight is 317 g/mol. The van der Waals surface area contributed by atoms with Gasteiger partial charge in [-0.1, -0.05) is 12.1 Å². The zero-order chi connectivity index (χ0) is 16.4. The zero-order valence-corrected chi connectivity index (χ0v) is 13.5. The molecule has 4 rings (SSSR count). The van der Waals surface area contributed by atoms with Crippen LogP contribution in [0.5, 0.6) is 0 Å². The minimum absolute atomic E-state index is 0.120. The molecule has 2 aromatic heterocycles. The summed E-state index contributed by atoms with van der Waals surface area (Å²) in [4.78, 5) is 23.6. The van der Waals surface area contributed by atoms with Gasteiger partial charge >= 0.3 is 0 Å². The van der Waals surface area contributed by atoms with E-state index in [2.05, 4.69) is 9.97 Å². The van der Waals surface area contributed by atoms with Crippen LogP contribution in [0.1, 0.15) is 29.6 Å². The van der Waals surface area contributed by atoms with Crippen LogP contribution in [0.2, 0.25) is 0 Å². The van der Waals surface area contributed by atoms with Crippen LogP contribution in [0, 0.1) is 0 Å². The van der Waals surface area contributed by atoms with Gasteiger partial charge in [-0.15, -0.1) is 0 Å². The molecule has 1 aliphatic rings. The van der Waals surface area contributed by atoms with E-state index >= 15 is 0 Å². The maximum absolute atomic E-state index is 12.7. The number of likely N-dealkylation sites (tertiary alicyclic amines) is 1. The molecule has 1 fully saturated rings. The van der Waals surface area contributed by atoms with E-state index in [0.29, 0.717) is 0 Å². The monoisotopic (exact) mass is 317 g/mol. The van der Waals surface area contributed by atoms with Crippen LogP contribution in [-0.2, 0) is 0 Å². The number of carbonyl (C=O) groups excluding carboxylic acids is 1. The Morgan fingerprint density at radius 1 is 0.917 bits per heavy atom. The summed E-state index contributed by atoms with van der Waals surface area (Å²) in [5.74, 6) is 0.120. The van der Waals surface area contributed by atoms with Gasteiger partial charge in [-0.25, -0.2) is 0 Å². The lowest BCUT2D eigenvalue weighted by atomic mass is 10.0. The van der Waals surface area contributed by atoms with E-state index in [1.165, 1.54) is 6.42 Å². The Bertz CT molecular complexity index is 879. The van der Waals surface area contributed by atoms with E-state index in [9.17, 15) is 4.79 Å². The van der Waals surface area contributed by atoms with E-state index in [4.69, 9.17) is 0 Å². The van der Waals surface area contributed by atoms with E-state index in [1.54, 1.807) is 12.4 Å². The fourth-order valence-corrected chi connectivity index (χ4v) is 3.31. The topological polar surface area (TPSA) is 46.1 Å². The highest BCUT2D eigenvalue weighted by Gasteiger charge is 2.18. The van der Waals surface area contributed by atoms with Crippen LogP contribution in [0.3, 0.4) is 0 Å². The van der Waals surface area contributed by atoms with Gasteiger partial charge in [0.25, 0.3) is 5.91 Å². The summed E-state index contributed by atoms with van der Waals surface area (Å²) >= 11 is 0. The minimum Gasteiger partial charge on any atom is -0.339 e. The number of benzene rings is 1. The number of pyridine rings is 2. The molecule has 0 unspecified atom stereocenters. The molecule has 0 bridgehead atoms. The molecule has 0 spiro atoms. The maximum Gasteiger partial charge on any atom is 0.253 e. The van der Waals surface area contributed by atoms with Crippen LogP contribution in [0.25, 0.3) is 22.2 Å². The first-order chi connectivity index (χ1) is 11.8. The Balaban J connectivity index is 1.73. The lowest BCUT2D eigenvalue weighted by Gasteiger charge is -2.26. The molecule has 1 aromatic carbocycles. The summed E-state index contributed by atoms with van der Waals surface area (Å²) < 4.78 is 0. The number of aromatic nitrogens is 2. The van der Waals surface area contributed by atoms with Crippen molar-refractivity contribution in [1.29, 1.82) is 0 Å². The number of fused-ring (bicyclic) bond motifs is 1. The molecular formula is C20H19N3O. The van der Waals surface area contributed by atoms with Crippen molar-refractivity contribution in [3.05, 3.63) is 60.4 Å². The molecule has 1 aliphatic heterocycles. The summed E-state index contributed by atoms with van der Waals surface area (Å²) in [5, 5.41) is 1.00. The molecule has 0 N–H and O–H groups in total. The Kier molecular flexibility index (Phi) is 3.95. The fraction of sp³-hybridized carbons (Fsp3) is 0.250. The predicted octanol–water partition coefficient (Wildman–Crippen LogP) is 3.92. The molecule has 4 heteroatoms. The number of rotatable bonds is 2. The summed E-state index contributed by atoms with van der Waals surface area (Å²) in [6, 6.07) is 13.6. The largest absolute Gasteiger partial charge is 0.339 e. The second-order valence-electron chi connectivity index (χ2n) is 6.16. The SMILES string of the molecule is O=C(c1cccc(-c2nccc3ncccc23)c1)N1CCCCC1. The molecule has 4 nitrogen and oxygen atoms in total. The van der Waals surface area contributed by atoms with Crippen molar-refractivity contribution in [2.45, 2.75) is 19.3 Å². The molecule has 0 radical (unpaired) electrons. The number of nitrogens with zero attached hydrogens (tertiary/aromatic N) is 3. The van der Waals surface area contributed by atoms with Gasteiger partial charge in [0.05, 0.1) is 11.2 Å². The molecule has 3 heterocycles. The average Bonchev–Trinajstić information content (AvgIpc) is 2.68. The predicted molar refractivity (Wildman–Crippen MR) is 94.7 cm³/mol. The third kappa shape index (κ3) is 2.75. The van der Waals surface area contributed by atoms with Crippen molar-refractivity contribution in [3.63, 3.8) is 0 Å². The second-order valence-corrected chi connectivity index (χ2v) is 6.16. The van der Waals surface area contributed by atoms with Crippen LogP contribution >= 0.6 is 0 Å². The fourth-order valence-electron chi connectivity index (χ4n) is 3.31. The second kappa shape index (κ2) is 6.40. The molecule has 1 saturated heterocycles. The van der Waals surface area contributed by atoms with E-state index in [1.807, 2.05) is 47.4 Å². The zero-order valence-electron chi connectivity index (χ0n) is 13.5. The molecule has 1 amide bonds. The van der Waals surface area contributed by atoms with Crippen LogP contribution in [0.4, 0.5) is 0 Å². The summed E-state index contributed by atoms with van der Waals surface area (Å²) in [5.41, 5.74) is 3.47. The molecule has 3 aromatic rings. The van der Waals surface area contributed by atoms with Crippen molar-refractivity contribution in [2.75, 3.05) is 13.1 Å². The van der Waals surface area contributed by atoms with Crippen LogP contribution < -0.4 is 0 Å². The van der Waals surface area contributed by atoms with Gasteiger partial charge in [-0.2, -0.15) is 0 Å². The quantitative estimate of drug-likeness (QED) is 0.719. The van der Waals surface area contributed by atoms with Gasteiger partial charge in [0.1, 0.15) is 0 Å². The van der Waals surface area contributed by atoms with Crippen molar-refractivity contribution in [3.8, 4) is 11.3 Å². The highest BCUT2D eigenvalue weighted by atomic mass is 16.2. The van der Waals surface area contributed by atoms with Gasteiger partial charge < -0.3 is 4.90 Å². The Morgan fingerprint density at radius 3 is 2.67 bits per heavy atom. The molecule has 0 atom stereocenters. The van der Waals surface area contributed by atoms with E-state index in [0.717, 1.165) is 53.7 Å². The lowest BCUT2D eigenvalue weighted by Crippen LogP contribution is -2.35. The minimum atomic E-state index is 0.120. The lowest BCUT2D eigenvalue weighted by molar-refractivity contribution is 0.0724. The first-order valence-corrected chi connectivity index (χ1v) is 8.42. The molecule has 0 saturated carbocycles. The van der Waals surface area contributed by atoms with Gasteiger partial charge in [0, 0.05) is 42.0 Å². The van der Waals surface area contributed by atoms with Crippen LogP contribution in [-0.4, -0.2) is 33.9 Å². The highest BCUT2D eigenvalue weighted by molar-refractivity contribution is 5.97. The van der Waals surface area contributed by atoms with Crippen molar-refractivity contribution >= 4 is 16.8 Å². The van der Waals surface area contributed by atoms with Crippen LogP contribution in [0.15, 0.2) is 54.9 Å². The van der Waals surface area contributed by atoms with Gasteiger partial charge in [-0.3, -0.25) is 14.8 Å². The Labute approximate surface area is 141 Å². The normalized spacial score (nSPS) is 14.8.